The lowest BCUT2D eigenvalue weighted by Crippen LogP contribution is -2.26. The van der Waals surface area contributed by atoms with Crippen LogP contribution in [0.3, 0.4) is 0 Å². The van der Waals surface area contributed by atoms with Crippen molar-refractivity contribution in [3.8, 4) is 5.75 Å². The van der Waals surface area contributed by atoms with E-state index in [9.17, 15) is 4.79 Å². The topological polar surface area (TPSA) is 38.3 Å². The summed E-state index contributed by atoms with van der Waals surface area (Å²) in [5.74, 6) is 0.847. The summed E-state index contributed by atoms with van der Waals surface area (Å²) < 4.78 is 5.56. The number of hydrogen-bond acceptors (Lipinski definition) is 2. The van der Waals surface area contributed by atoms with Crippen LogP contribution in [0.5, 0.6) is 5.75 Å². The van der Waals surface area contributed by atoms with Gasteiger partial charge in [-0.1, -0.05) is 41.9 Å². The molecular formula is C18H20ClNO2. The van der Waals surface area contributed by atoms with Gasteiger partial charge in [-0.05, 0) is 43.2 Å². The lowest BCUT2D eigenvalue weighted by Gasteiger charge is -2.14. The number of amides is 1. The molecule has 0 saturated carbocycles. The molecule has 1 atom stereocenters. The van der Waals surface area contributed by atoms with E-state index in [0.29, 0.717) is 24.5 Å². The maximum atomic E-state index is 11.9. The van der Waals surface area contributed by atoms with Crippen LogP contribution < -0.4 is 10.1 Å². The van der Waals surface area contributed by atoms with Gasteiger partial charge in [0.1, 0.15) is 5.75 Å². The highest BCUT2D eigenvalue weighted by molar-refractivity contribution is 6.30. The van der Waals surface area contributed by atoms with Crippen LogP contribution in [-0.2, 0) is 4.79 Å². The third kappa shape index (κ3) is 5.41. The van der Waals surface area contributed by atoms with Gasteiger partial charge in [0, 0.05) is 11.4 Å². The SMILES string of the molecule is CC(NC(=O)CCCOc1ccccc1)c1cccc(Cl)c1. The van der Waals surface area contributed by atoms with Crippen molar-refractivity contribution >= 4 is 17.5 Å². The van der Waals surface area contributed by atoms with Gasteiger partial charge in [-0.2, -0.15) is 0 Å². The van der Waals surface area contributed by atoms with Crippen LogP contribution in [0, 0.1) is 0 Å². The number of hydrogen-bond donors (Lipinski definition) is 1. The van der Waals surface area contributed by atoms with E-state index < -0.39 is 0 Å². The number of carbonyl (C=O) groups excluding carboxylic acids is 1. The van der Waals surface area contributed by atoms with E-state index in [-0.39, 0.29) is 11.9 Å². The number of halogens is 1. The largest absolute Gasteiger partial charge is 0.494 e. The molecule has 3 nitrogen and oxygen atoms in total. The lowest BCUT2D eigenvalue weighted by atomic mass is 10.1. The molecule has 0 aliphatic carbocycles. The third-order valence-corrected chi connectivity index (χ3v) is 3.52. The van der Waals surface area contributed by atoms with Crippen LogP contribution in [0.2, 0.25) is 5.02 Å². The molecule has 4 heteroatoms. The summed E-state index contributed by atoms with van der Waals surface area (Å²) in [7, 11) is 0. The molecule has 0 fully saturated rings. The predicted octanol–water partition coefficient (Wildman–Crippen LogP) is 4.38. The van der Waals surface area contributed by atoms with E-state index in [1.165, 1.54) is 0 Å². The van der Waals surface area contributed by atoms with E-state index in [2.05, 4.69) is 5.32 Å². The van der Waals surface area contributed by atoms with Crippen LogP contribution in [0.1, 0.15) is 31.4 Å². The van der Waals surface area contributed by atoms with Gasteiger partial charge in [0.2, 0.25) is 5.91 Å². The van der Waals surface area contributed by atoms with Crippen molar-refractivity contribution in [3.63, 3.8) is 0 Å². The molecule has 0 aliphatic rings. The van der Waals surface area contributed by atoms with Crippen LogP contribution >= 0.6 is 11.6 Å². The van der Waals surface area contributed by atoms with Gasteiger partial charge < -0.3 is 10.1 Å². The lowest BCUT2D eigenvalue weighted by molar-refractivity contribution is -0.121. The Hall–Kier alpha value is -2.00. The van der Waals surface area contributed by atoms with Crippen LogP contribution in [-0.4, -0.2) is 12.5 Å². The molecule has 0 radical (unpaired) electrons. The molecule has 1 amide bonds. The smallest absolute Gasteiger partial charge is 0.220 e. The molecule has 0 aliphatic heterocycles. The fourth-order valence-electron chi connectivity index (χ4n) is 2.11. The third-order valence-electron chi connectivity index (χ3n) is 3.29. The quantitative estimate of drug-likeness (QED) is 0.770. The first-order valence-corrected chi connectivity index (χ1v) is 7.75. The number of para-hydroxylation sites is 1. The van der Waals surface area contributed by atoms with Gasteiger partial charge >= 0.3 is 0 Å². The molecule has 0 spiro atoms. The fourth-order valence-corrected chi connectivity index (χ4v) is 2.31. The zero-order valence-electron chi connectivity index (χ0n) is 12.6. The summed E-state index contributed by atoms with van der Waals surface area (Å²) in [6, 6.07) is 17.1. The van der Waals surface area contributed by atoms with E-state index in [0.717, 1.165) is 11.3 Å². The Morgan fingerprint density at radius 1 is 1.18 bits per heavy atom. The molecule has 0 aromatic heterocycles. The first-order chi connectivity index (χ1) is 10.6. The summed E-state index contributed by atoms with van der Waals surface area (Å²) in [6.07, 6.45) is 1.13. The van der Waals surface area contributed by atoms with Crippen molar-refractivity contribution in [3.05, 3.63) is 65.2 Å². The van der Waals surface area contributed by atoms with Gasteiger partial charge in [-0.25, -0.2) is 0 Å². The van der Waals surface area contributed by atoms with Crippen molar-refractivity contribution in [1.82, 2.24) is 5.32 Å². The average Bonchev–Trinajstić information content (AvgIpc) is 2.52. The minimum absolute atomic E-state index is 0.0177. The van der Waals surface area contributed by atoms with Crippen LogP contribution in [0.4, 0.5) is 0 Å². The summed E-state index contributed by atoms with van der Waals surface area (Å²) >= 11 is 5.96. The summed E-state index contributed by atoms with van der Waals surface area (Å²) in [5, 5.41) is 3.64. The van der Waals surface area contributed by atoms with Crippen molar-refractivity contribution in [2.75, 3.05) is 6.61 Å². The van der Waals surface area contributed by atoms with Crippen molar-refractivity contribution < 1.29 is 9.53 Å². The molecular weight excluding hydrogens is 298 g/mol. The average molecular weight is 318 g/mol. The molecule has 22 heavy (non-hydrogen) atoms. The Balaban J connectivity index is 1.69. The fraction of sp³-hybridized carbons (Fsp3) is 0.278. The number of carbonyl (C=O) groups is 1. The van der Waals surface area contributed by atoms with E-state index in [1.807, 2.05) is 61.5 Å². The standard InChI is InChI=1S/C18H20ClNO2/c1-14(15-7-5-8-16(19)13-15)20-18(21)11-6-12-22-17-9-3-2-4-10-17/h2-5,7-10,13-14H,6,11-12H2,1H3,(H,20,21). The van der Waals surface area contributed by atoms with Gasteiger partial charge in [-0.3, -0.25) is 4.79 Å². The Morgan fingerprint density at radius 2 is 1.95 bits per heavy atom. The van der Waals surface area contributed by atoms with E-state index in [1.54, 1.807) is 0 Å². The highest BCUT2D eigenvalue weighted by Crippen LogP contribution is 2.17. The Kier molecular flexibility index (Phi) is 6.28. The molecule has 0 saturated heterocycles. The zero-order chi connectivity index (χ0) is 15.8. The van der Waals surface area contributed by atoms with Crippen molar-refractivity contribution in [1.29, 1.82) is 0 Å². The first kappa shape index (κ1) is 16.4. The summed E-state index contributed by atoms with van der Waals surface area (Å²) in [5.41, 5.74) is 1.00. The monoisotopic (exact) mass is 317 g/mol. The van der Waals surface area contributed by atoms with Gasteiger partial charge in [-0.15, -0.1) is 0 Å². The summed E-state index contributed by atoms with van der Waals surface area (Å²) in [6.45, 7) is 2.48. The van der Waals surface area contributed by atoms with E-state index in [4.69, 9.17) is 16.3 Å². The molecule has 1 N–H and O–H groups in total. The maximum absolute atomic E-state index is 11.9. The zero-order valence-corrected chi connectivity index (χ0v) is 13.3. The van der Waals surface area contributed by atoms with Crippen molar-refractivity contribution in [2.24, 2.45) is 0 Å². The van der Waals surface area contributed by atoms with Crippen LogP contribution in [0.25, 0.3) is 0 Å². The highest BCUT2D eigenvalue weighted by Gasteiger charge is 2.09. The molecule has 0 bridgehead atoms. The highest BCUT2D eigenvalue weighted by atomic mass is 35.5. The molecule has 0 heterocycles. The number of benzene rings is 2. The minimum atomic E-state index is -0.0544. The second-order valence-electron chi connectivity index (χ2n) is 5.11. The normalized spacial score (nSPS) is 11.7. The second-order valence-corrected chi connectivity index (χ2v) is 5.55. The Labute approximate surface area is 136 Å². The van der Waals surface area contributed by atoms with Gasteiger partial charge in [0.15, 0.2) is 0 Å². The van der Waals surface area contributed by atoms with Crippen molar-refractivity contribution in [2.45, 2.75) is 25.8 Å². The molecule has 1 unspecified atom stereocenters. The molecule has 2 aromatic rings. The summed E-state index contributed by atoms with van der Waals surface area (Å²) in [4.78, 5) is 11.9. The second kappa shape index (κ2) is 8.44. The number of rotatable bonds is 7. The predicted molar refractivity (Wildman–Crippen MR) is 89.2 cm³/mol. The molecule has 2 aromatic carbocycles. The van der Waals surface area contributed by atoms with Gasteiger partial charge in [0.05, 0.1) is 12.6 Å². The van der Waals surface area contributed by atoms with Gasteiger partial charge in [0.25, 0.3) is 0 Å². The Bertz CT molecular complexity index is 601. The maximum Gasteiger partial charge on any atom is 0.220 e. The number of nitrogens with one attached hydrogen (secondary N) is 1. The van der Waals surface area contributed by atoms with Crippen LogP contribution in [0.15, 0.2) is 54.6 Å². The molecule has 116 valence electrons. The Morgan fingerprint density at radius 3 is 2.68 bits per heavy atom. The number of ether oxygens (including phenoxy) is 1. The first-order valence-electron chi connectivity index (χ1n) is 7.38. The minimum Gasteiger partial charge on any atom is -0.494 e. The van der Waals surface area contributed by atoms with E-state index >= 15 is 0 Å². The molecule has 2 rings (SSSR count).